The van der Waals surface area contributed by atoms with Crippen molar-refractivity contribution in [2.24, 2.45) is 5.92 Å². The topological polar surface area (TPSA) is 15.3 Å². The predicted octanol–water partition coefficient (Wildman–Crippen LogP) is 3.08. The van der Waals surface area contributed by atoms with Crippen molar-refractivity contribution in [3.63, 3.8) is 0 Å². The summed E-state index contributed by atoms with van der Waals surface area (Å²) in [6, 6.07) is 12.3. The molecule has 1 aliphatic heterocycles. The zero-order valence-electron chi connectivity index (χ0n) is 12.7. The second-order valence-electron chi connectivity index (χ2n) is 6.71. The van der Waals surface area contributed by atoms with Crippen molar-refractivity contribution in [3.05, 3.63) is 35.9 Å². The van der Waals surface area contributed by atoms with Crippen molar-refractivity contribution in [1.82, 2.24) is 10.2 Å². The minimum Gasteiger partial charge on any atom is -0.312 e. The van der Waals surface area contributed by atoms with E-state index in [2.05, 4.69) is 47.5 Å². The first-order valence-electron chi connectivity index (χ1n) is 8.32. The Balaban J connectivity index is 1.56. The second-order valence-corrected chi connectivity index (χ2v) is 6.71. The summed E-state index contributed by atoms with van der Waals surface area (Å²) in [5.74, 6) is 1.05. The molecule has 2 nitrogen and oxygen atoms in total. The second kappa shape index (κ2) is 6.73. The van der Waals surface area contributed by atoms with Gasteiger partial charge in [-0.3, -0.25) is 4.90 Å². The summed E-state index contributed by atoms with van der Waals surface area (Å²) in [6.45, 7) is 6.08. The van der Waals surface area contributed by atoms with E-state index in [1.165, 1.54) is 50.9 Å². The number of hydrogen-bond acceptors (Lipinski definition) is 2. The van der Waals surface area contributed by atoms with Gasteiger partial charge in [0.05, 0.1) is 0 Å². The molecule has 2 atom stereocenters. The Kier molecular flexibility index (Phi) is 4.74. The van der Waals surface area contributed by atoms with Gasteiger partial charge >= 0.3 is 0 Å². The summed E-state index contributed by atoms with van der Waals surface area (Å²) in [4.78, 5) is 2.73. The molecule has 0 amide bonds. The largest absolute Gasteiger partial charge is 0.312 e. The van der Waals surface area contributed by atoms with E-state index < -0.39 is 0 Å². The molecule has 1 saturated carbocycles. The highest BCUT2D eigenvalue weighted by atomic mass is 15.2. The van der Waals surface area contributed by atoms with E-state index in [9.17, 15) is 0 Å². The van der Waals surface area contributed by atoms with Crippen LogP contribution in [-0.2, 0) is 6.42 Å². The summed E-state index contributed by atoms with van der Waals surface area (Å²) in [5.41, 5.74) is 1.46. The molecule has 3 rings (SSSR count). The average molecular weight is 272 g/mol. The van der Waals surface area contributed by atoms with Crippen molar-refractivity contribution in [2.45, 2.75) is 51.1 Å². The van der Waals surface area contributed by atoms with Gasteiger partial charge in [0.1, 0.15) is 0 Å². The molecule has 1 aromatic rings. The van der Waals surface area contributed by atoms with E-state index in [0.717, 1.165) is 18.4 Å². The Labute approximate surface area is 123 Å². The van der Waals surface area contributed by atoms with E-state index in [1.54, 1.807) is 0 Å². The third-order valence-electron chi connectivity index (χ3n) is 4.92. The Hall–Kier alpha value is -0.860. The lowest BCUT2D eigenvalue weighted by molar-refractivity contribution is 0.198. The van der Waals surface area contributed by atoms with Crippen LogP contribution in [0.4, 0.5) is 0 Å². The molecular formula is C18H28N2. The molecule has 20 heavy (non-hydrogen) atoms. The van der Waals surface area contributed by atoms with Crippen LogP contribution in [0, 0.1) is 5.92 Å². The zero-order valence-corrected chi connectivity index (χ0v) is 12.7. The summed E-state index contributed by atoms with van der Waals surface area (Å²) in [7, 11) is 0. The molecule has 0 radical (unpaired) electrons. The van der Waals surface area contributed by atoms with Crippen LogP contribution >= 0.6 is 0 Å². The number of nitrogens with one attached hydrogen (secondary N) is 1. The predicted molar refractivity (Wildman–Crippen MR) is 84.9 cm³/mol. The molecule has 110 valence electrons. The molecule has 2 unspecified atom stereocenters. The standard InChI is InChI=1S/C18H28N2/c1-15-9-11-19-18(13-17-5-3-2-4-6-17)14-20(15)12-10-16-7-8-16/h2-6,15-16,18-19H,7-14H2,1H3. The molecular weight excluding hydrogens is 244 g/mol. The van der Waals surface area contributed by atoms with Gasteiger partial charge in [0, 0.05) is 18.6 Å². The molecule has 1 aliphatic carbocycles. The average Bonchev–Trinajstić information content (AvgIpc) is 3.28. The Morgan fingerprint density at radius 1 is 1.15 bits per heavy atom. The molecule has 1 saturated heterocycles. The quantitative estimate of drug-likeness (QED) is 0.886. The Morgan fingerprint density at radius 2 is 1.95 bits per heavy atom. The summed E-state index contributed by atoms with van der Waals surface area (Å²) < 4.78 is 0. The van der Waals surface area contributed by atoms with Gasteiger partial charge in [-0.25, -0.2) is 0 Å². The molecule has 0 bridgehead atoms. The van der Waals surface area contributed by atoms with Gasteiger partial charge in [0.15, 0.2) is 0 Å². The van der Waals surface area contributed by atoms with E-state index in [0.29, 0.717) is 6.04 Å². The number of nitrogens with zero attached hydrogens (tertiary/aromatic N) is 1. The van der Waals surface area contributed by atoms with Gasteiger partial charge in [0.25, 0.3) is 0 Å². The van der Waals surface area contributed by atoms with Crippen LogP contribution in [0.15, 0.2) is 30.3 Å². The maximum Gasteiger partial charge on any atom is 0.0235 e. The van der Waals surface area contributed by atoms with E-state index in [4.69, 9.17) is 0 Å². The summed E-state index contributed by atoms with van der Waals surface area (Å²) in [5, 5.41) is 3.75. The van der Waals surface area contributed by atoms with Crippen molar-refractivity contribution in [3.8, 4) is 0 Å². The number of rotatable bonds is 5. The van der Waals surface area contributed by atoms with Gasteiger partial charge in [-0.2, -0.15) is 0 Å². The molecule has 2 heteroatoms. The first-order chi connectivity index (χ1) is 9.81. The molecule has 1 N–H and O–H groups in total. The minimum absolute atomic E-state index is 0.613. The number of hydrogen-bond donors (Lipinski definition) is 1. The summed E-state index contributed by atoms with van der Waals surface area (Å²) in [6.07, 6.45) is 6.83. The Bertz CT molecular complexity index is 399. The molecule has 0 aromatic heterocycles. The zero-order chi connectivity index (χ0) is 13.8. The first kappa shape index (κ1) is 14.1. The SMILES string of the molecule is CC1CCNC(Cc2ccccc2)CN1CCC1CC1. The van der Waals surface area contributed by atoms with Crippen molar-refractivity contribution in [1.29, 1.82) is 0 Å². The fourth-order valence-corrected chi connectivity index (χ4v) is 3.31. The van der Waals surface area contributed by atoms with Gasteiger partial charge in [-0.1, -0.05) is 43.2 Å². The summed E-state index contributed by atoms with van der Waals surface area (Å²) >= 11 is 0. The van der Waals surface area contributed by atoms with Crippen LogP contribution in [0.25, 0.3) is 0 Å². The highest BCUT2D eigenvalue weighted by Gasteiger charge is 2.26. The van der Waals surface area contributed by atoms with Gasteiger partial charge < -0.3 is 5.32 Å². The van der Waals surface area contributed by atoms with E-state index >= 15 is 0 Å². The monoisotopic (exact) mass is 272 g/mol. The highest BCUT2D eigenvalue weighted by molar-refractivity contribution is 5.16. The van der Waals surface area contributed by atoms with Crippen molar-refractivity contribution in [2.75, 3.05) is 19.6 Å². The van der Waals surface area contributed by atoms with Crippen LogP contribution in [0.5, 0.6) is 0 Å². The molecule has 1 heterocycles. The molecule has 2 fully saturated rings. The van der Waals surface area contributed by atoms with E-state index in [-0.39, 0.29) is 0 Å². The van der Waals surface area contributed by atoms with Gasteiger partial charge in [-0.05, 0) is 50.8 Å². The maximum absolute atomic E-state index is 3.75. The van der Waals surface area contributed by atoms with Crippen LogP contribution in [0.2, 0.25) is 0 Å². The lowest BCUT2D eigenvalue weighted by Gasteiger charge is -2.29. The van der Waals surface area contributed by atoms with Crippen molar-refractivity contribution < 1.29 is 0 Å². The lowest BCUT2D eigenvalue weighted by Crippen LogP contribution is -2.41. The van der Waals surface area contributed by atoms with E-state index in [1.807, 2.05) is 0 Å². The maximum atomic E-state index is 3.75. The first-order valence-corrected chi connectivity index (χ1v) is 8.32. The molecule has 2 aliphatic rings. The van der Waals surface area contributed by atoms with Gasteiger partial charge in [0.2, 0.25) is 0 Å². The number of benzene rings is 1. The highest BCUT2D eigenvalue weighted by Crippen LogP contribution is 2.32. The normalized spacial score (nSPS) is 28.2. The van der Waals surface area contributed by atoms with Crippen molar-refractivity contribution >= 4 is 0 Å². The van der Waals surface area contributed by atoms with Gasteiger partial charge in [-0.15, -0.1) is 0 Å². The third-order valence-corrected chi connectivity index (χ3v) is 4.92. The molecule has 0 spiro atoms. The fourth-order valence-electron chi connectivity index (χ4n) is 3.31. The smallest absolute Gasteiger partial charge is 0.0235 e. The van der Waals surface area contributed by atoms with Crippen LogP contribution < -0.4 is 5.32 Å². The Morgan fingerprint density at radius 3 is 2.70 bits per heavy atom. The minimum atomic E-state index is 0.613. The van der Waals surface area contributed by atoms with Crippen LogP contribution in [-0.4, -0.2) is 36.6 Å². The third kappa shape index (κ3) is 4.07. The fraction of sp³-hybridized carbons (Fsp3) is 0.667. The molecule has 1 aromatic carbocycles. The van der Waals surface area contributed by atoms with Crippen LogP contribution in [0.1, 0.15) is 38.2 Å². The van der Waals surface area contributed by atoms with Crippen LogP contribution in [0.3, 0.4) is 0 Å². The lowest BCUT2D eigenvalue weighted by atomic mass is 10.1.